The summed E-state index contributed by atoms with van der Waals surface area (Å²) >= 11 is 1.10. The number of piperidine rings is 1. The molecule has 6 nitrogen and oxygen atoms in total. The highest BCUT2D eigenvalue weighted by molar-refractivity contribution is 7.11. The van der Waals surface area contributed by atoms with E-state index in [1.807, 2.05) is 4.90 Å². The maximum absolute atomic E-state index is 11.9. The van der Waals surface area contributed by atoms with Gasteiger partial charge in [-0.15, -0.1) is 11.3 Å². The molecule has 7 heteroatoms. The number of likely N-dealkylation sites (tertiary alicyclic amines) is 1. The molecular weight excluding hydrogens is 266 g/mol. The molecule has 19 heavy (non-hydrogen) atoms. The lowest BCUT2D eigenvalue weighted by molar-refractivity contribution is -0.131. The lowest BCUT2D eigenvalue weighted by Crippen LogP contribution is -2.41. The second kappa shape index (κ2) is 6.63. The minimum Gasteiger partial charge on any atom is -0.476 e. The molecule has 0 aliphatic carbocycles. The van der Waals surface area contributed by atoms with E-state index in [1.54, 1.807) is 5.38 Å². The van der Waals surface area contributed by atoms with E-state index >= 15 is 0 Å². The number of nitrogens with zero attached hydrogens (tertiary/aromatic N) is 2. The van der Waals surface area contributed by atoms with Gasteiger partial charge in [-0.05, 0) is 19.3 Å². The largest absolute Gasteiger partial charge is 0.476 e. The number of carbonyl (C=O) groups is 2. The van der Waals surface area contributed by atoms with E-state index in [9.17, 15) is 9.59 Å². The highest BCUT2D eigenvalue weighted by atomic mass is 32.1. The number of carboxylic acids is 1. The fourth-order valence-corrected chi connectivity index (χ4v) is 2.69. The number of hydrogen-bond donors (Lipinski definition) is 2. The summed E-state index contributed by atoms with van der Waals surface area (Å²) in [5.41, 5.74) is 0.661. The molecule has 0 spiro atoms. The van der Waals surface area contributed by atoms with Gasteiger partial charge in [0.25, 0.3) is 0 Å². The molecule has 1 saturated heterocycles. The van der Waals surface area contributed by atoms with Gasteiger partial charge in [-0.2, -0.15) is 0 Å². The van der Waals surface area contributed by atoms with Crippen LogP contribution in [0.2, 0.25) is 0 Å². The third-order valence-corrected chi connectivity index (χ3v) is 3.90. The molecule has 2 rings (SSSR count). The Morgan fingerprint density at radius 2 is 2.11 bits per heavy atom. The number of carbonyl (C=O) groups excluding carboxylic acids is 1. The Labute approximate surface area is 115 Å². The van der Waals surface area contributed by atoms with Gasteiger partial charge in [0.15, 0.2) is 0 Å². The summed E-state index contributed by atoms with van der Waals surface area (Å²) in [5, 5.41) is 13.5. The predicted octanol–water partition coefficient (Wildman–Crippen LogP) is 0.943. The lowest BCUT2D eigenvalue weighted by Gasteiger charge is -2.26. The first-order valence-corrected chi connectivity index (χ1v) is 7.21. The second-order valence-corrected chi connectivity index (χ2v) is 5.35. The highest BCUT2D eigenvalue weighted by Gasteiger charge is 2.16. The summed E-state index contributed by atoms with van der Waals surface area (Å²) in [6.07, 6.45) is 3.37. The Morgan fingerprint density at radius 1 is 1.37 bits per heavy atom. The summed E-state index contributed by atoms with van der Waals surface area (Å²) < 4.78 is 0. The molecule has 0 unspecified atom stereocenters. The number of thiazole rings is 1. The van der Waals surface area contributed by atoms with Crippen LogP contribution in [0, 0.1) is 0 Å². The van der Waals surface area contributed by atoms with Gasteiger partial charge in [0.1, 0.15) is 0 Å². The quantitative estimate of drug-likeness (QED) is 0.840. The number of amides is 1. The molecule has 0 bridgehead atoms. The van der Waals surface area contributed by atoms with E-state index in [-0.39, 0.29) is 17.5 Å². The average molecular weight is 283 g/mol. The van der Waals surface area contributed by atoms with Gasteiger partial charge in [-0.3, -0.25) is 4.79 Å². The first kappa shape index (κ1) is 14.0. The number of aromatic nitrogens is 1. The number of nitrogens with one attached hydrogen (secondary N) is 1. The summed E-state index contributed by atoms with van der Waals surface area (Å²) in [6, 6.07) is 0. The third-order valence-electron chi connectivity index (χ3n) is 3.03. The molecule has 1 aromatic rings. The van der Waals surface area contributed by atoms with Crippen LogP contribution >= 0.6 is 11.3 Å². The van der Waals surface area contributed by atoms with Crippen molar-refractivity contribution in [2.45, 2.75) is 25.8 Å². The van der Waals surface area contributed by atoms with Crippen LogP contribution in [0.5, 0.6) is 0 Å². The Morgan fingerprint density at radius 3 is 2.74 bits per heavy atom. The zero-order chi connectivity index (χ0) is 13.7. The Kier molecular flexibility index (Phi) is 4.86. The van der Waals surface area contributed by atoms with E-state index in [2.05, 4.69) is 10.3 Å². The Balaban J connectivity index is 1.73. The molecule has 2 N–H and O–H groups in total. The van der Waals surface area contributed by atoms with Crippen LogP contribution in [0.4, 0.5) is 0 Å². The van der Waals surface area contributed by atoms with E-state index in [0.29, 0.717) is 12.2 Å². The molecule has 1 fully saturated rings. The smallest absolute Gasteiger partial charge is 0.365 e. The zero-order valence-corrected chi connectivity index (χ0v) is 11.4. The van der Waals surface area contributed by atoms with E-state index in [1.165, 1.54) is 6.42 Å². The third kappa shape index (κ3) is 4.00. The highest BCUT2D eigenvalue weighted by Crippen LogP contribution is 2.10. The van der Waals surface area contributed by atoms with Gasteiger partial charge in [-0.1, -0.05) is 0 Å². The molecule has 2 heterocycles. The van der Waals surface area contributed by atoms with Crippen molar-refractivity contribution in [2.24, 2.45) is 0 Å². The molecule has 0 radical (unpaired) electrons. The molecular formula is C12H17N3O3S. The number of rotatable bonds is 5. The monoisotopic (exact) mass is 283 g/mol. The minimum absolute atomic E-state index is 0.0826. The fourth-order valence-electron chi connectivity index (χ4n) is 2.04. The zero-order valence-electron chi connectivity index (χ0n) is 10.6. The van der Waals surface area contributed by atoms with Gasteiger partial charge in [-0.25, -0.2) is 9.78 Å². The lowest BCUT2D eigenvalue weighted by atomic mass is 10.1. The van der Waals surface area contributed by atoms with Crippen molar-refractivity contribution in [3.63, 3.8) is 0 Å². The maximum atomic E-state index is 11.9. The summed E-state index contributed by atoms with van der Waals surface area (Å²) in [6.45, 7) is 2.39. The van der Waals surface area contributed by atoms with Crippen molar-refractivity contribution in [3.05, 3.63) is 16.1 Å². The average Bonchev–Trinajstić information content (AvgIpc) is 2.89. The SMILES string of the molecule is O=C(O)c1nc(CNCC(=O)N2CCCCC2)cs1. The molecule has 1 aliphatic rings. The van der Waals surface area contributed by atoms with Crippen molar-refractivity contribution in [3.8, 4) is 0 Å². The van der Waals surface area contributed by atoms with Crippen LogP contribution in [0.15, 0.2) is 5.38 Å². The van der Waals surface area contributed by atoms with Crippen molar-refractivity contribution in [2.75, 3.05) is 19.6 Å². The van der Waals surface area contributed by atoms with Crippen molar-refractivity contribution in [1.29, 1.82) is 0 Å². The molecule has 0 atom stereocenters. The van der Waals surface area contributed by atoms with Crippen LogP contribution in [0.25, 0.3) is 0 Å². The standard InChI is InChI=1S/C12H17N3O3S/c16-10(15-4-2-1-3-5-15)7-13-6-9-8-19-11(14-9)12(17)18/h8,13H,1-7H2,(H,17,18). The number of aromatic carboxylic acids is 1. The van der Waals surface area contributed by atoms with E-state index in [0.717, 1.165) is 37.3 Å². The van der Waals surface area contributed by atoms with Crippen molar-refractivity contribution < 1.29 is 14.7 Å². The van der Waals surface area contributed by atoms with Gasteiger partial charge in [0.05, 0.1) is 12.2 Å². The molecule has 1 aliphatic heterocycles. The van der Waals surface area contributed by atoms with Crippen LogP contribution < -0.4 is 5.32 Å². The van der Waals surface area contributed by atoms with Crippen LogP contribution in [-0.2, 0) is 11.3 Å². The first-order chi connectivity index (χ1) is 9.16. The second-order valence-electron chi connectivity index (χ2n) is 4.49. The number of hydrogen-bond acceptors (Lipinski definition) is 5. The van der Waals surface area contributed by atoms with Crippen LogP contribution in [-0.4, -0.2) is 46.5 Å². The maximum Gasteiger partial charge on any atom is 0.365 e. The van der Waals surface area contributed by atoms with Gasteiger partial charge < -0.3 is 15.3 Å². The molecule has 104 valence electrons. The fraction of sp³-hybridized carbons (Fsp3) is 0.583. The summed E-state index contributed by atoms with van der Waals surface area (Å²) in [7, 11) is 0. The van der Waals surface area contributed by atoms with Crippen LogP contribution in [0.1, 0.15) is 34.8 Å². The Bertz CT molecular complexity index is 455. The van der Waals surface area contributed by atoms with E-state index < -0.39 is 5.97 Å². The topological polar surface area (TPSA) is 82.5 Å². The van der Waals surface area contributed by atoms with E-state index in [4.69, 9.17) is 5.11 Å². The van der Waals surface area contributed by atoms with Crippen molar-refractivity contribution >= 4 is 23.2 Å². The van der Waals surface area contributed by atoms with Crippen LogP contribution in [0.3, 0.4) is 0 Å². The van der Waals surface area contributed by atoms with Crippen molar-refractivity contribution in [1.82, 2.24) is 15.2 Å². The first-order valence-electron chi connectivity index (χ1n) is 6.33. The summed E-state index contributed by atoms with van der Waals surface area (Å²) in [5.74, 6) is -0.908. The van der Waals surface area contributed by atoms with Gasteiger partial charge in [0, 0.05) is 25.0 Å². The van der Waals surface area contributed by atoms with Gasteiger partial charge >= 0.3 is 5.97 Å². The minimum atomic E-state index is -1.01. The number of carboxylic acid groups (broad SMARTS) is 1. The molecule has 1 amide bonds. The van der Waals surface area contributed by atoms with Gasteiger partial charge in [0.2, 0.25) is 10.9 Å². The molecule has 1 aromatic heterocycles. The molecule has 0 aromatic carbocycles. The predicted molar refractivity (Wildman–Crippen MR) is 71.2 cm³/mol. The normalized spacial score (nSPS) is 15.5. The summed E-state index contributed by atoms with van der Waals surface area (Å²) in [4.78, 5) is 28.3. The Hall–Kier alpha value is -1.47. The molecule has 0 saturated carbocycles.